The number of nitrogens with zero attached hydrogens (tertiary/aromatic N) is 6. The van der Waals surface area contributed by atoms with Gasteiger partial charge in [0.2, 0.25) is 0 Å². The van der Waals surface area contributed by atoms with Gasteiger partial charge in [-0.05, 0) is 56.1 Å². The van der Waals surface area contributed by atoms with Gasteiger partial charge in [-0.2, -0.15) is 0 Å². The Labute approximate surface area is 245 Å². The first-order valence-corrected chi connectivity index (χ1v) is 15.0. The van der Waals surface area contributed by atoms with Gasteiger partial charge in [-0.15, -0.1) is 0 Å². The molecular formula is C30H36Cl2N8. The standard InChI is InChI=1S/C30H36Cl2N8/c1-2-3-25-20-39(30-27(32)16-22(18-37-30)28-33-8-9-34-28)14-15-40(25)24-6-12-38(13-7-24)19-21-4-5-23(31)17-26(21)29-35-10-11-36-29/h4-5,8-11,16-18,24-25H,2-3,6-7,12-15,19-20H2,1H3,(H,33,34)(H,35,36)/t25-/m0/s1. The molecule has 6 rings (SSSR count). The summed E-state index contributed by atoms with van der Waals surface area (Å²) in [6.07, 6.45) is 13.8. The van der Waals surface area contributed by atoms with Gasteiger partial charge in [0, 0.05) is 85.4 Å². The van der Waals surface area contributed by atoms with Crippen molar-refractivity contribution in [3.8, 4) is 22.8 Å². The highest BCUT2D eigenvalue weighted by Gasteiger charge is 2.34. The van der Waals surface area contributed by atoms with Crippen molar-refractivity contribution in [2.24, 2.45) is 0 Å². The number of aromatic amines is 2. The van der Waals surface area contributed by atoms with E-state index in [9.17, 15) is 0 Å². The normalized spacial score (nSPS) is 19.4. The van der Waals surface area contributed by atoms with Crippen LogP contribution in [0.3, 0.4) is 0 Å². The Morgan fingerprint density at radius 1 is 0.925 bits per heavy atom. The number of H-pyrrole nitrogens is 2. The van der Waals surface area contributed by atoms with Crippen LogP contribution in [0, 0.1) is 0 Å². The number of rotatable bonds is 8. The molecule has 0 aliphatic carbocycles. The number of piperidine rings is 1. The molecule has 0 unspecified atom stereocenters. The second kappa shape index (κ2) is 12.3. The molecule has 0 saturated carbocycles. The predicted octanol–water partition coefficient (Wildman–Crippen LogP) is 6.12. The number of pyridine rings is 1. The minimum absolute atomic E-state index is 0.500. The highest BCUT2D eigenvalue weighted by atomic mass is 35.5. The summed E-state index contributed by atoms with van der Waals surface area (Å²) >= 11 is 13.1. The first kappa shape index (κ1) is 27.3. The van der Waals surface area contributed by atoms with Crippen molar-refractivity contribution in [3.05, 3.63) is 70.9 Å². The van der Waals surface area contributed by atoms with Crippen LogP contribution >= 0.6 is 23.2 Å². The lowest BCUT2D eigenvalue weighted by Gasteiger charge is -2.48. The van der Waals surface area contributed by atoms with Crippen LogP contribution in [0.2, 0.25) is 10.0 Å². The van der Waals surface area contributed by atoms with Gasteiger partial charge >= 0.3 is 0 Å². The van der Waals surface area contributed by atoms with Crippen LogP contribution in [-0.4, -0.2) is 79.5 Å². The number of hydrogen-bond donors (Lipinski definition) is 2. The van der Waals surface area contributed by atoms with Crippen molar-refractivity contribution in [3.63, 3.8) is 0 Å². The number of halogens is 2. The zero-order valence-electron chi connectivity index (χ0n) is 22.9. The van der Waals surface area contributed by atoms with E-state index in [-0.39, 0.29) is 0 Å². The lowest BCUT2D eigenvalue weighted by atomic mass is 9.96. The Morgan fingerprint density at radius 3 is 2.40 bits per heavy atom. The number of piperazine rings is 1. The zero-order valence-corrected chi connectivity index (χ0v) is 24.4. The molecule has 1 aromatic carbocycles. The summed E-state index contributed by atoms with van der Waals surface area (Å²) in [5.74, 6) is 2.54. The van der Waals surface area contributed by atoms with Gasteiger partial charge in [-0.1, -0.05) is 42.6 Å². The van der Waals surface area contributed by atoms with E-state index < -0.39 is 0 Å². The fourth-order valence-corrected chi connectivity index (χ4v) is 6.78. The fourth-order valence-electron chi connectivity index (χ4n) is 6.32. The number of benzene rings is 1. The predicted molar refractivity (Wildman–Crippen MR) is 162 cm³/mol. The van der Waals surface area contributed by atoms with Crippen LogP contribution in [0.4, 0.5) is 5.82 Å². The minimum atomic E-state index is 0.500. The quantitative estimate of drug-likeness (QED) is 0.262. The number of hydrogen-bond acceptors (Lipinski definition) is 6. The van der Waals surface area contributed by atoms with E-state index in [0.717, 1.165) is 72.9 Å². The molecule has 2 aliphatic heterocycles. The molecule has 5 heterocycles. The van der Waals surface area contributed by atoms with E-state index in [1.807, 2.05) is 36.8 Å². The molecule has 3 aromatic heterocycles. The van der Waals surface area contributed by atoms with Crippen molar-refractivity contribution < 1.29 is 0 Å². The molecular weight excluding hydrogens is 543 g/mol. The molecule has 2 N–H and O–H groups in total. The average molecular weight is 580 g/mol. The lowest BCUT2D eigenvalue weighted by molar-refractivity contribution is 0.0590. The van der Waals surface area contributed by atoms with E-state index >= 15 is 0 Å². The van der Waals surface area contributed by atoms with Crippen molar-refractivity contribution in [1.29, 1.82) is 0 Å². The maximum atomic E-state index is 6.75. The van der Waals surface area contributed by atoms with Crippen LogP contribution in [0.25, 0.3) is 22.8 Å². The third kappa shape index (κ3) is 5.91. The smallest absolute Gasteiger partial charge is 0.147 e. The molecule has 1 atom stereocenters. The average Bonchev–Trinajstić information content (AvgIpc) is 3.70. The SMILES string of the molecule is CCC[C@H]1CN(c2ncc(-c3ncc[nH]3)cc2Cl)CCN1C1CCN(Cc2ccc(Cl)cc2-c2ncc[nH]2)CC1. The Balaban J connectivity index is 1.09. The number of imidazole rings is 2. The summed E-state index contributed by atoms with van der Waals surface area (Å²) in [6.45, 7) is 8.29. The van der Waals surface area contributed by atoms with Crippen LogP contribution in [0.5, 0.6) is 0 Å². The molecule has 210 valence electrons. The summed E-state index contributed by atoms with van der Waals surface area (Å²) in [4.78, 5) is 27.6. The summed E-state index contributed by atoms with van der Waals surface area (Å²) < 4.78 is 0. The van der Waals surface area contributed by atoms with Gasteiger partial charge in [0.25, 0.3) is 0 Å². The van der Waals surface area contributed by atoms with E-state index in [0.29, 0.717) is 17.1 Å². The lowest BCUT2D eigenvalue weighted by Crippen LogP contribution is -2.58. The highest BCUT2D eigenvalue weighted by Crippen LogP contribution is 2.32. The number of anilines is 1. The topological polar surface area (TPSA) is 80.0 Å². The third-order valence-electron chi connectivity index (χ3n) is 8.29. The Hall–Kier alpha value is -2.91. The summed E-state index contributed by atoms with van der Waals surface area (Å²) in [6, 6.07) is 9.22. The Kier molecular flexibility index (Phi) is 8.39. The number of aromatic nitrogens is 5. The second-order valence-corrected chi connectivity index (χ2v) is 11.7. The minimum Gasteiger partial charge on any atom is -0.353 e. The molecule has 2 saturated heterocycles. The largest absolute Gasteiger partial charge is 0.353 e. The maximum absolute atomic E-state index is 6.75. The summed E-state index contributed by atoms with van der Waals surface area (Å²) in [5.41, 5.74) is 3.25. The Bertz CT molecular complexity index is 1380. The number of nitrogens with one attached hydrogen (secondary N) is 2. The van der Waals surface area contributed by atoms with Crippen LogP contribution in [0.15, 0.2) is 55.2 Å². The molecule has 40 heavy (non-hydrogen) atoms. The van der Waals surface area contributed by atoms with Crippen molar-refractivity contribution in [1.82, 2.24) is 34.7 Å². The maximum Gasteiger partial charge on any atom is 0.147 e. The van der Waals surface area contributed by atoms with E-state index in [1.54, 1.807) is 12.4 Å². The van der Waals surface area contributed by atoms with Gasteiger partial charge in [-0.25, -0.2) is 15.0 Å². The molecule has 2 aliphatic rings. The van der Waals surface area contributed by atoms with Crippen molar-refractivity contribution in [2.75, 3.05) is 37.6 Å². The first-order valence-electron chi connectivity index (χ1n) is 14.3. The van der Waals surface area contributed by atoms with Gasteiger partial charge in [-0.3, -0.25) is 9.80 Å². The van der Waals surface area contributed by atoms with Crippen LogP contribution < -0.4 is 4.90 Å². The van der Waals surface area contributed by atoms with Crippen LogP contribution in [0.1, 0.15) is 38.2 Å². The number of likely N-dealkylation sites (tertiary alicyclic amines) is 1. The molecule has 4 aromatic rings. The fraction of sp³-hybridized carbons (Fsp3) is 0.433. The van der Waals surface area contributed by atoms with Gasteiger partial charge in [0.15, 0.2) is 0 Å². The van der Waals surface area contributed by atoms with Crippen LogP contribution in [-0.2, 0) is 6.54 Å². The first-order chi connectivity index (χ1) is 19.6. The highest BCUT2D eigenvalue weighted by molar-refractivity contribution is 6.33. The molecule has 2 fully saturated rings. The second-order valence-electron chi connectivity index (χ2n) is 10.8. The van der Waals surface area contributed by atoms with E-state index in [2.05, 4.69) is 47.6 Å². The van der Waals surface area contributed by atoms with Crippen molar-refractivity contribution >= 4 is 29.0 Å². The third-order valence-corrected chi connectivity index (χ3v) is 8.80. The molecule has 0 radical (unpaired) electrons. The van der Waals surface area contributed by atoms with E-state index in [1.165, 1.54) is 31.2 Å². The van der Waals surface area contributed by atoms with Gasteiger partial charge in [0.1, 0.15) is 17.5 Å². The molecule has 0 spiro atoms. The summed E-state index contributed by atoms with van der Waals surface area (Å²) in [5, 5.41) is 1.42. The zero-order chi connectivity index (χ0) is 27.5. The summed E-state index contributed by atoms with van der Waals surface area (Å²) in [7, 11) is 0. The van der Waals surface area contributed by atoms with E-state index in [4.69, 9.17) is 28.2 Å². The Morgan fingerprint density at radius 2 is 1.70 bits per heavy atom. The molecule has 0 amide bonds. The monoisotopic (exact) mass is 578 g/mol. The van der Waals surface area contributed by atoms with Crippen molar-refractivity contribution in [2.45, 2.75) is 51.2 Å². The molecule has 0 bridgehead atoms. The molecule has 8 nitrogen and oxygen atoms in total. The molecule has 10 heteroatoms. The van der Waals surface area contributed by atoms with Gasteiger partial charge in [0.05, 0.1) is 5.02 Å². The van der Waals surface area contributed by atoms with Gasteiger partial charge < -0.3 is 14.9 Å².